The summed E-state index contributed by atoms with van der Waals surface area (Å²) < 4.78 is 69.0. The minimum Gasteiger partial charge on any atom is -0.343 e. The first-order chi connectivity index (χ1) is 15.1. The number of hydrogen-bond donors (Lipinski definition) is 0. The number of halogens is 4. The molecule has 4 aromatic rings. The van der Waals surface area contributed by atoms with E-state index in [1.165, 1.54) is 24.3 Å². The Bertz CT molecular complexity index is 1360. The molecule has 0 aliphatic carbocycles. The SMILES string of the molecule is Cc1noc(S(=O)(=O)c2ccc(-c3ccc(-c4ccc(C(F)(F)F)cc4)cc3)cc2)c1Br. The third kappa shape index (κ3) is 4.22. The highest BCUT2D eigenvalue weighted by Crippen LogP contribution is 2.33. The molecule has 0 N–H and O–H groups in total. The number of aromatic nitrogens is 1. The fourth-order valence-electron chi connectivity index (χ4n) is 3.15. The van der Waals surface area contributed by atoms with Crippen molar-refractivity contribution in [2.75, 3.05) is 0 Å². The van der Waals surface area contributed by atoms with Gasteiger partial charge in [-0.15, -0.1) is 0 Å². The molecule has 1 heterocycles. The van der Waals surface area contributed by atoms with Gasteiger partial charge in [0.05, 0.1) is 20.6 Å². The third-order valence-electron chi connectivity index (χ3n) is 4.93. The molecule has 0 atom stereocenters. The molecule has 9 heteroatoms. The standard InChI is InChI=1S/C23H15BrF3NO3S/c1-14-21(24)22(31-28-14)32(29,30)20-12-8-18(9-13-20)16-4-2-15(3-5-16)17-6-10-19(11-7-17)23(25,26)27/h2-13H,1H3. The first-order valence-corrected chi connectivity index (χ1v) is 11.6. The highest BCUT2D eigenvalue weighted by Gasteiger charge is 2.30. The van der Waals surface area contributed by atoms with E-state index < -0.39 is 21.6 Å². The van der Waals surface area contributed by atoms with Crippen LogP contribution in [0.5, 0.6) is 0 Å². The summed E-state index contributed by atoms with van der Waals surface area (Å²) in [5.74, 6) is 0. The molecule has 164 valence electrons. The highest BCUT2D eigenvalue weighted by molar-refractivity contribution is 9.10. The summed E-state index contributed by atoms with van der Waals surface area (Å²) in [5.41, 5.74) is 2.80. The van der Waals surface area contributed by atoms with Gasteiger partial charge < -0.3 is 4.52 Å². The minimum atomic E-state index is -4.37. The van der Waals surface area contributed by atoms with Crippen LogP contribution >= 0.6 is 15.9 Å². The van der Waals surface area contributed by atoms with Gasteiger partial charge in [0, 0.05) is 0 Å². The zero-order chi connectivity index (χ0) is 23.1. The second-order valence-electron chi connectivity index (χ2n) is 7.05. The van der Waals surface area contributed by atoms with Gasteiger partial charge in [-0.25, -0.2) is 8.42 Å². The fraction of sp³-hybridized carbons (Fsp3) is 0.0870. The largest absolute Gasteiger partial charge is 0.416 e. The van der Waals surface area contributed by atoms with Crippen molar-refractivity contribution in [1.29, 1.82) is 0 Å². The lowest BCUT2D eigenvalue weighted by Crippen LogP contribution is -2.03. The zero-order valence-corrected chi connectivity index (χ0v) is 18.9. The van der Waals surface area contributed by atoms with Crippen LogP contribution in [0.4, 0.5) is 13.2 Å². The van der Waals surface area contributed by atoms with E-state index in [1.54, 1.807) is 31.2 Å². The maximum Gasteiger partial charge on any atom is 0.416 e. The van der Waals surface area contributed by atoms with Crippen molar-refractivity contribution in [2.24, 2.45) is 0 Å². The number of alkyl halides is 3. The van der Waals surface area contributed by atoms with Crippen molar-refractivity contribution in [3.63, 3.8) is 0 Å². The number of aryl methyl sites for hydroxylation is 1. The molecule has 32 heavy (non-hydrogen) atoms. The summed E-state index contributed by atoms with van der Waals surface area (Å²) in [6.45, 7) is 1.63. The average Bonchev–Trinajstić information content (AvgIpc) is 3.12. The van der Waals surface area contributed by atoms with Gasteiger partial charge in [-0.3, -0.25) is 0 Å². The number of rotatable bonds is 4. The van der Waals surface area contributed by atoms with Gasteiger partial charge in [-0.1, -0.05) is 53.7 Å². The lowest BCUT2D eigenvalue weighted by Gasteiger charge is -2.09. The van der Waals surface area contributed by atoms with Crippen LogP contribution in [0.3, 0.4) is 0 Å². The summed E-state index contributed by atoms with van der Waals surface area (Å²) in [4.78, 5) is 0.0690. The lowest BCUT2D eigenvalue weighted by molar-refractivity contribution is -0.137. The normalized spacial score (nSPS) is 12.2. The van der Waals surface area contributed by atoms with Gasteiger partial charge in [0.15, 0.2) is 0 Å². The van der Waals surface area contributed by atoms with Gasteiger partial charge in [0.1, 0.15) is 0 Å². The monoisotopic (exact) mass is 521 g/mol. The molecule has 4 rings (SSSR count). The topological polar surface area (TPSA) is 60.2 Å². The van der Waals surface area contributed by atoms with Crippen LogP contribution in [0.1, 0.15) is 11.3 Å². The minimum absolute atomic E-state index is 0.0690. The number of nitrogens with zero attached hydrogens (tertiary/aromatic N) is 1. The van der Waals surface area contributed by atoms with Gasteiger partial charge in [-0.05, 0) is 69.4 Å². The van der Waals surface area contributed by atoms with Crippen molar-refractivity contribution in [3.8, 4) is 22.3 Å². The third-order valence-corrected chi connectivity index (χ3v) is 7.79. The van der Waals surface area contributed by atoms with Crippen LogP contribution < -0.4 is 0 Å². The van der Waals surface area contributed by atoms with E-state index in [2.05, 4.69) is 21.1 Å². The van der Waals surface area contributed by atoms with Crippen LogP contribution in [0.15, 0.2) is 91.8 Å². The number of hydrogen-bond acceptors (Lipinski definition) is 4. The van der Waals surface area contributed by atoms with E-state index >= 15 is 0 Å². The van der Waals surface area contributed by atoms with E-state index in [4.69, 9.17) is 4.52 Å². The molecule has 0 unspecified atom stereocenters. The summed E-state index contributed by atoms with van der Waals surface area (Å²) in [6, 6.07) is 18.6. The molecule has 1 aromatic heterocycles. The van der Waals surface area contributed by atoms with Gasteiger partial charge in [-0.2, -0.15) is 13.2 Å². The summed E-state index contributed by atoms with van der Waals surface area (Å²) in [7, 11) is -3.86. The fourth-order valence-corrected chi connectivity index (χ4v) is 5.16. The molecule has 0 radical (unpaired) electrons. The first kappa shape index (κ1) is 22.3. The average molecular weight is 522 g/mol. The Balaban J connectivity index is 1.57. The molecule has 0 saturated heterocycles. The molecule has 4 nitrogen and oxygen atoms in total. The van der Waals surface area contributed by atoms with E-state index in [0.29, 0.717) is 15.7 Å². The van der Waals surface area contributed by atoms with E-state index in [1.807, 2.05) is 12.1 Å². The van der Waals surface area contributed by atoms with Gasteiger partial charge in [0.25, 0.3) is 5.09 Å². The van der Waals surface area contributed by atoms with Crippen LogP contribution in [-0.2, 0) is 16.0 Å². The Morgan fingerprint density at radius 3 is 1.56 bits per heavy atom. The molecule has 0 aliphatic rings. The molecular weight excluding hydrogens is 507 g/mol. The maximum atomic E-state index is 12.8. The maximum absolute atomic E-state index is 12.8. The molecule has 0 aliphatic heterocycles. The van der Waals surface area contributed by atoms with Crippen molar-refractivity contribution >= 4 is 25.8 Å². The molecule has 3 aromatic carbocycles. The Hall–Kier alpha value is -2.91. The Kier molecular flexibility index (Phi) is 5.72. The predicted octanol–water partition coefficient (Wildman–Crippen LogP) is 6.93. The van der Waals surface area contributed by atoms with Gasteiger partial charge in [0.2, 0.25) is 9.84 Å². The number of sulfone groups is 1. The summed E-state index contributed by atoms with van der Waals surface area (Å²) in [5, 5.41) is 3.42. The Labute approximate surface area is 190 Å². The van der Waals surface area contributed by atoms with Crippen molar-refractivity contribution in [2.45, 2.75) is 23.1 Å². The number of benzene rings is 3. The summed E-state index contributed by atoms with van der Waals surface area (Å²) >= 11 is 3.18. The Morgan fingerprint density at radius 1 is 0.781 bits per heavy atom. The second-order valence-corrected chi connectivity index (χ2v) is 9.69. The van der Waals surface area contributed by atoms with Crippen molar-refractivity contribution < 1.29 is 26.1 Å². The van der Waals surface area contributed by atoms with Crippen LogP contribution in [0.25, 0.3) is 22.3 Å². The zero-order valence-electron chi connectivity index (χ0n) is 16.5. The molecular formula is C23H15BrF3NO3S. The molecule has 0 amide bonds. The highest BCUT2D eigenvalue weighted by atomic mass is 79.9. The van der Waals surface area contributed by atoms with Crippen LogP contribution in [0.2, 0.25) is 0 Å². The Morgan fingerprint density at radius 2 is 1.19 bits per heavy atom. The first-order valence-electron chi connectivity index (χ1n) is 9.32. The molecule has 0 bridgehead atoms. The molecule has 0 spiro atoms. The predicted molar refractivity (Wildman–Crippen MR) is 117 cm³/mol. The van der Waals surface area contributed by atoms with Crippen LogP contribution in [0, 0.1) is 6.92 Å². The molecule has 0 fully saturated rings. The molecule has 0 saturated carbocycles. The second kappa shape index (κ2) is 8.22. The quantitative estimate of drug-likeness (QED) is 0.292. The smallest absolute Gasteiger partial charge is 0.343 e. The van der Waals surface area contributed by atoms with Crippen molar-refractivity contribution in [3.05, 3.63) is 88.5 Å². The van der Waals surface area contributed by atoms with Crippen LogP contribution in [-0.4, -0.2) is 13.6 Å². The lowest BCUT2D eigenvalue weighted by atomic mass is 9.99. The van der Waals surface area contributed by atoms with Crippen molar-refractivity contribution in [1.82, 2.24) is 5.16 Å². The van der Waals surface area contributed by atoms with E-state index in [0.717, 1.165) is 28.8 Å². The summed E-state index contributed by atoms with van der Waals surface area (Å²) in [6.07, 6.45) is -4.37. The van der Waals surface area contributed by atoms with E-state index in [9.17, 15) is 21.6 Å². The van der Waals surface area contributed by atoms with Gasteiger partial charge >= 0.3 is 6.18 Å². The van der Waals surface area contributed by atoms with E-state index in [-0.39, 0.29) is 9.99 Å².